The van der Waals surface area contributed by atoms with E-state index in [1.807, 2.05) is 6.07 Å². The molecule has 2 heterocycles. The summed E-state index contributed by atoms with van der Waals surface area (Å²) in [7, 11) is 0. The molecule has 1 fully saturated rings. The van der Waals surface area contributed by atoms with Crippen LogP contribution in [0.5, 0.6) is 0 Å². The number of aromatic nitrogens is 2. The molecule has 6 heteroatoms. The summed E-state index contributed by atoms with van der Waals surface area (Å²) in [6.45, 7) is 7.11. The van der Waals surface area contributed by atoms with Crippen LogP contribution in [0.2, 0.25) is 0 Å². The smallest absolute Gasteiger partial charge is 0.286 e. The normalized spacial score (nSPS) is 17.1. The Morgan fingerprint density at radius 2 is 2.12 bits per heavy atom. The number of hydrogen-bond acceptors (Lipinski definition) is 5. The fraction of sp³-hybridized carbons (Fsp3) is 0.545. The number of hydrogen-bond donors (Lipinski definition) is 1. The first-order valence-electron chi connectivity index (χ1n) is 5.81. The molecule has 0 aliphatic carbocycles. The van der Waals surface area contributed by atoms with Crippen molar-refractivity contribution in [2.24, 2.45) is 5.73 Å². The van der Waals surface area contributed by atoms with Crippen LogP contribution in [0.15, 0.2) is 12.3 Å². The van der Waals surface area contributed by atoms with Crippen LogP contribution in [0, 0.1) is 0 Å². The molecule has 1 aliphatic rings. The Kier molecular flexibility index (Phi) is 3.53. The second-order valence-corrected chi connectivity index (χ2v) is 4.02. The number of likely N-dealkylation sites (N-methyl/N-ethyl adjacent to an activating group) is 1. The zero-order valence-corrected chi connectivity index (χ0v) is 9.96. The third-order valence-electron chi connectivity index (χ3n) is 3.00. The minimum atomic E-state index is -0.584. The maximum atomic E-state index is 11.0. The molecule has 0 aromatic carbocycles. The van der Waals surface area contributed by atoms with E-state index < -0.39 is 5.91 Å². The summed E-state index contributed by atoms with van der Waals surface area (Å²) in [4.78, 5) is 23.6. The predicted molar refractivity (Wildman–Crippen MR) is 64.9 cm³/mol. The van der Waals surface area contributed by atoms with E-state index in [4.69, 9.17) is 5.73 Å². The van der Waals surface area contributed by atoms with Crippen LogP contribution in [-0.2, 0) is 0 Å². The maximum Gasteiger partial charge on any atom is 0.286 e. The Morgan fingerprint density at radius 1 is 1.41 bits per heavy atom. The van der Waals surface area contributed by atoms with Gasteiger partial charge in [0.15, 0.2) is 0 Å². The van der Waals surface area contributed by atoms with Crippen molar-refractivity contribution in [3.63, 3.8) is 0 Å². The highest BCUT2D eigenvalue weighted by Gasteiger charge is 2.17. The Morgan fingerprint density at radius 3 is 2.71 bits per heavy atom. The molecule has 0 bridgehead atoms. The number of carbonyl (C=O) groups excluding carboxylic acids is 1. The number of nitrogens with zero attached hydrogens (tertiary/aromatic N) is 4. The first kappa shape index (κ1) is 11.8. The average Bonchev–Trinajstić information content (AvgIpc) is 2.39. The van der Waals surface area contributed by atoms with Gasteiger partial charge in [-0.1, -0.05) is 6.92 Å². The molecular weight excluding hydrogens is 218 g/mol. The van der Waals surface area contributed by atoms with Crippen LogP contribution in [0.25, 0.3) is 0 Å². The Bertz CT molecular complexity index is 401. The van der Waals surface area contributed by atoms with Gasteiger partial charge in [0.25, 0.3) is 5.91 Å². The van der Waals surface area contributed by atoms with Crippen LogP contribution in [-0.4, -0.2) is 53.5 Å². The van der Waals surface area contributed by atoms with Crippen LogP contribution in [0.3, 0.4) is 0 Å². The third kappa shape index (κ3) is 2.71. The second kappa shape index (κ2) is 5.09. The van der Waals surface area contributed by atoms with Gasteiger partial charge in [-0.05, 0) is 12.6 Å². The summed E-state index contributed by atoms with van der Waals surface area (Å²) < 4.78 is 0. The van der Waals surface area contributed by atoms with E-state index in [1.165, 1.54) is 0 Å². The van der Waals surface area contributed by atoms with E-state index in [-0.39, 0.29) is 5.82 Å². The highest BCUT2D eigenvalue weighted by Crippen LogP contribution is 2.12. The van der Waals surface area contributed by atoms with Crippen LogP contribution < -0.4 is 10.6 Å². The minimum Gasteiger partial charge on any atom is -0.363 e. The molecule has 92 valence electrons. The van der Waals surface area contributed by atoms with Crippen molar-refractivity contribution in [3.8, 4) is 0 Å². The number of primary amides is 1. The van der Waals surface area contributed by atoms with E-state index in [2.05, 4.69) is 26.7 Å². The zero-order chi connectivity index (χ0) is 12.3. The van der Waals surface area contributed by atoms with Gasteiger partial charge >= 0.3 is 0 Å². The summed E-state index contributed by atoms with van der Waals surface area (Å²) >= 11 is 0. The van der Waals surface area contributed by atoms with E-state index in [1.54, 1.807) is 6.20 Å². The molecule has 1 aromatic heterocycles. The van der Waals surface area contributed by atoms with Crippen LogP contribution >= 0.6 is 0 Å². The van der Waals surface area contributed by atoms with Crippen molar-refractivity contribution in [1.29, 1.82) is 0 Å². The zero-order valence-electron chi connectivity index (χ0n) is 9.96. The molecule has 6 nitrogen and oxygen atoms in total. The van der Waals surface area contributed by atoms with Crippen LogP contribution in [0.1, 0.15) is 17.5 Å². The fourth-order valence-corrected chi connectivity index (χ4v) is 1.94. The Hall–Kier alpha value is -1.69. The van der Waals surface area contributed by atoms with Crippen molar-refractivity contribution < 1.29 is 4.79 Å². The summed E-state index contributed by atoms with van der Waals surface area (Å²) in [6, 6.07) is 1.81. The molecule has 1 amide bonds. The number of rotatable bonds is 3. The van der Waals surface area contributed by atoms with E-state index in [9.17, 15) is 4.79 Å². The lowest BCUT2D eigenvalue weighted by Crippen LogP contribution is -2.46. The van der Waals surface area contributed by atoms with E-state index >= 15 is 0 Å². The van der Waals surface area contributed by atoms with Crippen molar-refractivity contribution in [2.45, 2.75) is 6.92 Å². The molecule has 0 atom stereocenters. The lowest BCUT2D eigenvalue weighted by Gasteiger charge is -2.34. The third-order valence-corrected chi connectivity index (χ3v) is 3.00. The van der Waals surface area contributed by atoms with E-state index in [0.29, 0.717) is 0 Å². The van der Waals surface area contributed by atoms with Gasteiger partial charge in [0.2, 0.25) is 5.82 Å². The van der Waals surface area contributed by atoms with Gasteiger partial charge in [0.1, 0.15) is 5.82 Å². The average molecular weight is 235 g/mol. The van der Waals surface area contributed by atoms with Crippen molar-refractivity contribution in [3.05, 3.63) is 18.1 Å². The van der Waals surface area contributed by atoms with Crippen molar-refractivity contribution >= 4 is 11.7 Å². The molecule has 0 unspecified atom stereocenters. The van der Waals surface area contributed by atoms with Gasteiger partial charge in [0.05, 0.1) is 0 Å². The lowest BCUT2D eigenvalue weighted by atomic mass is 10.3. The first-order valence-corrected chi connectivity index (χ1v) is 5.81. The molecule has 0 radical (unpaired) electrons. The molecule has 17 heavy (non-hydrogen) atoms. The Labute approximate surface area is 100 Å². The predicted octanol–water partition coefficient (Wildman–Crippen LogP) is -0.283. The number of anilines is 1. The summed E-state index contributed by atoms with van der Waals surface area (Å²) in [5.74, 6) is 0.281. The molecule has 1 aromatic rings. The van der Waals surface area contributed by atoms with Crippen molar-refractivity contribution in [2.75, 3.05) is 37.6 Å². The topological polar surface area (TPSA) is 75.3 Å². The molecule has 1 aliphatic heterocycles. The summed E-state index contributed by atoms with van der Waals surface area (Å²) in [6.07, 6.45) is 1.58. The summed E-state index contributed by atoms with van der Waals surface area (Å²) in [5, 5.41) is 0. The van der Waals surface area contributed by atoms with E-state index in [0.717, 1.165) is 38.5 Å². The van der Waals surface area contributed by atoms with Gasteiger partial charge in [-0.2, -0.15) is 0 Å². The molecule has 0 spiro atoms. The molecule has 2 rings (SSSR count). The second-order valence-electron chi connectivity index (χ2n) is 4.02. The maximum absolute atomic E-state index is 11.0. The highest BCUT2D eigenvalue weighted by atomic mass is 16.1. The number of piperazine rings is 1. The standard InChI is InChI=1S/C11H17N5O/c1-2-15-5-7-16(8-6-15)9-3-4-13-11(14-9)10(12)17/h3-4H,2,5-8H2,1H3,(H2,12,17). The molecule has 1 saturated heterocycles. The lowest BCUT2D eigenvalue weighted by molar-refractivity contribution is 0.0990. The molecular formula is C11H17N5O. The minimum absolute atomic E-state index is 0.0837. The molecule has 0 saturated carbocycles. The number of carbonyl (C=O) groups is 1. The first-order chi connectivity index (χ1) is 8.20. The SMILES string of the molecule is CCN1CCN(c2ccnc(C(N)=O)n2)CC1. The number of amides is 1. The van der Waals surface area contributed by atoms with Gasteiger partial charge in [0, 0.05) is 32.4 Å². The number of nitrogens with two attached hydrogens (primary N) is 1. The quantitative estimate of drug-likeness (QED) is 0.779. The Balaban J connectivity index is 2.08. The molecule has 2 N–H and O–H groups in total. The monoisotopic (exact) mass is 235 g/mol. The summed E-state index contributed by atoms with van der Waals surface area (Å²) in [5.41, 5.74) is 5.17. The fourth-order valence-electron chi connectivity index (χ4n) is 1.94. The van der Waals surface area contributed by atoms with Crippen molar-refractivity contribution in [1.82, 2.24) is 14.9 Å². The van der Waals surface area contributed by atoms with Gasteiger partial charge in [-0.25, -0.2) is 9.97 Å². The largest absolute Gasteiger partial charge is 0.363 e. The van der Waals surface area contributed by atoms with Crippen LogP contribution in [0.4, 0.5) is 5.82 Å². The van der Waals surface area contributed by atoms with Gasteiger partial charge < -0.3 is 15.5 Å². The van der Waals surface area contributed by atoms with Gasteiger partial charge in [-0.3, -0.25) is 4.79 Å². The van der Waals surface area contributed by atoms with Gasteiger partial charge in [-0.15, -0.1) is 0 Å². The highest BCUT2D eigenvalue weighted by molar-refractivity contribution is 5.89.